The third-order valence-corrected chi connectivity index (χ3v) is 2.99. The number of carboxylic acids is 1. The minimum absolute atomic E-state index is 0.151. The molecule has 0 aliphatic rings. The molecule has 6 heteroatoms. The number of hydrogen-bond acceptors (Lipinski definition) is 3. The predicted molar refractivity (Wildman–Crippen MR) is 73.7 cm³/mol. The molecule has 104 valence electrons. The van der Waals surface area contributed by atoms with Gasteiger partial charge in [-0.05, 0) is 17.5 Å². The molecule has 0 aliphatic heterocycles. The number of nitrogens with one attached hydrogen (secondary N) is 1. The minimum atomic E-state index is -1.37. The first-order valence-corrected chi connectivity index (χ1v) is 6.10. The fraction of sp³-hybridized carbons (Fsp3) is 0.214. The molecule has 2 N–H and O–H groups in total. The fourth-order valence-corrected chi connectivity index (χ4v) is 2.00. The summed E-state index contributed by atoms with van der Waals surface area (Å²) in [6.45, 7) is 3.93. The van der Waals surface area contributed by atoms with Crippen molar-refractivity contribution in [3.05, 3.63) is 62.4 Å². The first-order valence-electron chi connectivity index (χ1n) is 6.10. The molecule has 0 amide bonds. The van der Waals surface area contributed by atoms with E-state index in [9.17, 15) is 14.4 Å². The van der Waals surface area contributed by atoms with Crippen LogP contribution in [0.4, 0.5) is 0 Å². The summed E-state index contributed by atoms with van der Waals surface area (Å²) in [7, 11) is 0. The molecule has 0 bridgehead atoms. The molecule has 1 aromatic carbocycles. The average molecular weight is 274 g/mol. The van der Waals surface area contributed by atoms with Gasteiger partial charge in [0.05, 0.1) is 5.69 Å². The molecular weight excluding hydrogens is 260 g/mol. The zero-order chi connectivity index (χ0) is 14.9. The molecule has 0 saturated carbocycles. The lowest BCUT2D eigenvalue weighted by Crippen LogP contribution is -2.32. The van der Waals surface area contributed by atoms with Crippen molar-refractivity contribution in [3.63, 3.8) is 0 Å². The van der Waals surface area contributed by atoms with E-state index in [0.29, 0.717) is 5.69 Å². The molecular formula is C14H14N2O4. The highest BCUT2D eigenvalue weighted by Crippen LogP contribution is 2.21. The van der Waals surface area contributed by atoms with Crippen LogP contribution in [0, 0.1) is 0 Å². The third-order valence-electron chi connectivity index (χ3n) is 2.99. The summed E-state index contributed by atoms with van der Waals surface area (Å²) in [4.78, 5) is 36.4. The van der Waals surface area contributed by atoms with Crippen LogP contribution in [0.3, 0.4) is 0 Å². The number of carboxylic acid groups (broad SMARTS) is 1. The van der Waals surface area contributed by atoms with Crippen molar-refractivity contribution in [3.8, 4) is 5.69 Å². The van der Waals surface area contributed by atoms with E-state index in [1.54, 1.807) is 12.1 Å². The summed E-state index contributed by atoms with van der Waals surface area (Å²) in [6, 6.07) is 7.16. The van der Waals surface area contributed by atoms with Crippen LogP contribution in [0.5, 0.6) is 0 Å². The number of H-pyrrole nitrogens is 1. The minimum Gasteiger partial charge on any atom is -0.477 e. The maximum atomic E-state index is 11.9. The molecule has 0 aliphatic carbocycles. The Morgan fingerprint density at radius 2 is 1.90 bits per heavy atom. The zero-order valence-electron chi connectivity index (χ0n) is 11.1. The lowest BCUT2D eigenvalue weighted by molar-refractivity contribution is 0.0694. The van der Waals surface area contributed by atoms with E-state index in [1.165, 1.54) is 0 Å². The van der Waals surface area contributed by atoms with E-state index < -0.39 is 22.8 Å². The molecule has 1 aromatic heterocycles. The highest BCUT2D eigenvalue weighted by atomic mass is 16.4. The normalized spacial score (nSPS) is 10.8. The van der Waals surface area contributed by atoms with Crippen molar-refractivity contribution in [1.82, 2.24) is 9.55 Å². The van der Waals surface area contributed by atoms with Crippen molar-refractivity contribution in [2.75, 3.05) is 0 Å². The summed E-state index contributed by atoms with van der Waals surface area (Å²) >= 11 is 0. The van der Waals surface area contributed by atoms with Gasteiger partial charge in [0.2, 0.25) is 0 Å². The molecule has 0 fully saturated rings. The monoisotopic (exact) mass is 274 g/mol. The topological polar surface area (TPSA) is 92.2 Å². The van der Waals surface area contributed by atoms with Crippen LogP contribution in [0.1, 0.15) is 35.7 Å². The molecule has 2 aromatic rings. The van der Waals surface area contributed by atoms with Crippen LogP contribution in [0.15, 0.2) is 40.1 Å². The molecule has 6 nitrogen and oxygen atoms in total. The second-order valence-corrected chi connectivity index (χ2v) is 4.69. The quantitative estimate of drug-likeness (QED) is 0.883. The number of nitrogens with zero attached hydrogens (tertiary/aromatic N) is 1. The lowest BCUT2D eigenvalue weighted by atomic mass is 10.0. The van der Waals surface area contributed by atoms with Gasteiger partial charge in [0.1, 0.15) is 5.56 Å². The predicted octanol–water partition coefficient (Wildman–Crippen LogP) is 1.35. The summed E-state index contributed by atoms with van der Waals surface area (Å²) in [5.74, 6) is -1.22. The Balaban J connectivity index is 2.77. The van der Waals surface area contributed by atoms with Crippen molar-refractivity contribution >= 4 is 5.97 Å². The van der Waals surface area contributed by atoms with Gasteiger partial charge in [-0.2, -0.15) is 0 Å². The largest absolute Gasteiger partial charge is 0.477 e. The average Bonchev–Trinajstić information content (AvgIpc) is 2.38. The Hall–Kier alpha value is -2.63. The zero-order valence-corrected chi connectivity index (χ0v) is 11.1. The summed E-state index contributed by atoms with van der Waals surface area (Å²) in [5.41, 5.74) is -0.582. The standard InChI is InChI=1S/C14H14N2O4/c1-8(2)9-5-3-4-6-11(9)16-7-10(13(18)19)12(17)15-14(16)20/h3-8H,1-2H3,(H,18,19)(H,15,17,20). The van der Waals surface area contributed by atoms with E-state index in [4.69, 9.17) is 5.11 Å². The van der Waals surface area contributed by atoms with Crippen LogP contribution >= 0.6 is 0 Å². The molecule has 2 rings (SSSR count). The van der Waals surface area contributed by atoms with Crippen LogP contribution in [-0.4, -0.2) is 20.6 Å². The van der Waals surface area contributed by atoms with Gasteiger partial charge in [-0.15, -0.1) is 0 Å². The number of para-hydroxylation sites is 1. The SMILES string of the molecule is CC(C)c1ccccc1-n1cc(C(=O)O)c(=O)[nH]c1=O. The Morgan fingerprint density at radius 1 is 1.25 bits per heavy atom. The van der Waals surface area contributed by atoms with Gasteiger partial charge in [0.25, 0.3) is 5.56 Å². The first-order chi connectivity index (χ1) is 9.41. The van der Waals surface area contributed by atoms with E-state index in [1.807, 2.05) is 31.0 Å². The summed E-state index contributed by atoms with van der Waals surface area (Å²) in [6.07, 6.45) is 1.06. The highest BCUT2D eigenvalue weighted by molar-refractivity contribution is 5.86. The Bertz CT molecular complexity index is 771. The lowest BCUT2D eigenvalue weighted by Gasteiger charge is -2.14. The van der Waals surface area contributed by atoms with E-state index in [2.05, 4.69) is 0 Å². The number of aromatic amines is 1. The third kappa shape index (κ3) is 2.40. The Morgan fingerprint density at radius 3 is 2.50 bits per heavy atom. The number of carbonyl (C=O) groups is 1. The highest BCUT2D eigenvalue weighted by Gasteiger charge is 2.15. The van der Waals surface area contributed by atoms with Crippen molar-refractivity contribution < 1.29 is 9.90 Å². The molecule has 0 saturated heterocycles. The van der Waals surface area contributed by atoms with Crippen LogP contribution in [-0.2, 0) is 0 Å². The first kappa shape index (κ1) is 13.8. The number of benzene rings is 1. The number of aromatic carboxylic acids is 1. The number of aromatic nitrogens is 2. The fourth-order valence-electron chi connectivity index (χ4n) is 2.00. The number of hydrogen-bond donors (Lipinski definition) is 2. The van der Waals surface area contributed by atoms with Crippen molar-refractivity contribution in [2.45, 2.75) is 19.8 Å². The Kier molecular flexibility index (Phi) is 3.56. The molecule has 20 heavy (non-hydrogen) atoms. The molecule has 0 radical (unpaired) electrons. The van der Waals surface area contributed by atoms with Crippen LogP contribution in [0.2, 0.25) is 0 Å². The maximum Gasteiger partial charge on any atom is 0.342 e. The smallest absolute Gasteiger partial charge is 0.342 e. The van der Waals surface area contributed by atoms with Gasteiger partial charge < -0.3 is 5.11 Å². The van der Waals surface area contributed by atoms with Crippen molar-refractivity contribution in [2.24, 2.45) is 0 Å². The second kappa shape index (κ2) is 5.16. The van der Waals surface area contributed by atoms with Crippen LogP contribution in [0.25, 0.3) is 5.69 Å². The summed E-state index contributed by atoms with van der Waals surface area (Å²) < 4.78 is 1.15. The maximum absolute atomic E-state index is 11.9. The molecule has 0 unspecified atom stereocenters. The van der Waals surface area contributed by atoms with Crippen molar-refractivity contribution in [1.29, 1.82) is 0 Å². The van der Waals surface area contributed by atoms with Gasteiger partial charge in [-0.3, -0.25) is 14.3 Å². The number of rotatable bonds is 3. The van der Waals surface area contributed by atoms with Gasteiger partial charge in [0, 0.05) is 6.20 Å². The Labute approximate surface area is 114 Å². The van der Waals surface area contributed by atoms with Gasteiger partial charge in [-0.25, -0.2) is 9.59 Å². The second-order valence-electron chi connectivity index (χ2n) is 4.69. The van der Waals surface area contributed by atoms with Gasteiger partial charge in [-0.1, -0.05) is 32.0 Å². The van der Waals surface area contributed by atoms with E-state index >= 15 is 0 Å². The molecule has 0 atom stereocenters. The van der Waals surface area contributed by atoms with E-state index in [0.717, 1.165) is 16.3 Å². The van der Waals surface area contributed by atoms with Gasteiger partial charge >= 0.3 is 11.7 Å². The van der Waals surface area contributed by atoms with E-state index in [-0.39, 0.29) is 5.92 Å². The summed E-state index contributed by atoms with van der Waals surface area (Å²) in [5, 5.41) is 8.97. The molecule has 0 spiro atoms. The van der Waals surface area contributed by atoms with Gasteiger partial charge in [0.15, 0.2) is 0 Å². The van der Waals surface area contributed by atoms with Crippen LogP contribution < -0.4 is 11.2 Å². The molecule has 1 heterocycles.